The molecule has 1 amide bonds. The smallest absolute Gasteiger partial charge is 0.251 e. The fourth-order valence-corrected chi connectivity index (χ4v) is 3.54. The summed E-state index contributed by atoms with van der Waals surface area (Å²) in [7, 11) is 0. The number of aryl methyl sites for hydroxylation is 1. The van der Waals surface area contributed by atoms with E-state index in [0.29, 0.717) is 12.1 Å². The van der Waals surface area contributed by atoms with Gasteiger partial charge in [0.1, 0.15) is 0 Å². The molecule has 3 aromatic carbocycles. The molecule has 0 radical (unpaired) electrons. The minimum absolute atomic E-state index is 0.0337. The third-order valence-corrected chi connectivity index (χ3v) is 5.15. The maximum Gasteiger partial charge on any atom is 0.251 e. The number of hydrogen-bond acceptors (Lipinski definition) is 2. The third-order valence-electron chi connectivity index (χ3n) is 5.15. The summed E-state index contributed by atoms with van der Waals surface area (Å²) in [4.78, 5) is 14.8. The Labute approximate surface area is 160 Å². The van der Waals surface area contributed by atoms with Gasteiger partial charge in [-0.3, -0.25) is 4.79 Å². The van der Waals surface area contributed by atoms with Gasteiger partial charge in [0.2, 0.25) is 0 Å². The van der Waals surface area contributed by atoms with Crippen molar-refractivity contribution in [1.29, 1.82) is 0 Å². The lowest BCUT2D eigenvalue weighted by atomic mass is 10.1. The van der Waals surface area contributed by atoms with E-state index in [2.05, 4.69) is 65.7 Å². The average Bonchev–Trinajstić information content (AvgIpc) is 3.11. The predicted octanol–water partition coefficient (Wildman–Crippen LogP) is 4.49. The van der Waals surface area contributed by atoms with Crippen molar-refractivity contribution in [2.75, 3.05) is 11.4 Å². The molecule has 0 unspecified atom stereocenters. The van der Waals surface area contributed by atoms with Gasteiger partial charge in [-0.15, -0.1) is 0 Å². The molecule has 27 heavy (non-hydrogen) atoms. The van der Waals surface area contributed by atoms with Gasteiger partial charge in [-0.1, -0.05) is 60.2 Å². The van der Waals surface area contributed by atoms with E-state index in [1.165, 1.54) is 22.4 Å². The fraction of sp³-hybridized carbons (Fsp3) is 0.208. The van der Waals surface area contributed by atoms with Crippen molar-refractivity contribution >= 4 is 11.6 Å². The number of amides is 1. The van der Waals surface area contributed by atoms with E-state index in [1.807, 2.05) is 24.3 Å². The lowest BCUT2D eigenvalue weighted by molar-refractivity contribution is 0.0951. The second kappa shape index (κ2) is 7.67. The van der Waals surface area contributed by atoms with Crippen molar-refractivity contribution in [3.63, 3.8) is 0 Å². The van der Waals surface area contributed by atoms with E-state index in [-0.39, 0.29) is 5.91 Å². The molecule has 0 atom stereocenters. The Kier molecular flexibility index (Phi) is 4.93. The molecule has 0 aromatic heterocycles. The highest BCUT2D eigenvalue weighted by atomic mass is 16.1. The third kappa shape index (κ3) is 4.03. The van der Waals surface area contributed by atoms with E-state index in [1.54, 1.807) is 0 Å². The summed E-state index contributed by atoms with van der Waals surface area (Å²) >= 11 is 0. The van der Waals surface area contributed by atoms with Crippen molar-refractivity contribution in [3.05, 3.63) is 101 Å². The molecule has 0 saturated carbocycles. The van der Waals surface area contributed by atoms with Crippen LogP contribution in [0.25, 0.3) is 0 Å². The molecule has 3 nitrogen and oxygen atoms in total. The van der Waals surface area contributed by atoms with Gasteiger partial charge in [0.15, 0.2) is 0 Å². The molecule has 1 N–H and O–H groups in total. The number of para-hydroxylation sites is 1. The van der Waals surface area contributed by atoms with Crippen molar-refractivity contribution in [2.24, 2.45) is 0 Å². The van der Waals surface area contributed by atoms with Crippen LogP contribution < -0.4 is 10.2 Å². The molecular formula is C24H24N2O. The summed E-state index contributed by atoms with van der Waals surface area (Å²) < 4.78 is 0. The number of carbonyl (C=O) groups excluding carboxylic acids is 1. The quantitative estimate of drug-likeness (QED) is 0.731. The van der Waals surface area contributed by atoms with E-state index in [0.717, 1.165) is 25.1 Å². The summed E-state index contributed by atoms with van der Waals surface area (Å²) in [6, 6.07) is 24.8. The van der Waals surface area contributed by atoms with Gasteiger partial charge < -0.3 is 10.2 Å². The van der Waals surface area contributed by atoms with E-state index in [4.69, 9.17) is 0 Å². The molecule has 3 heteroatoms. The number of hydrogen-bond donors (Lipinski definition) is 1. The topological polar surface area (TPSA) is 32.3 Å². The van der Waals surface area contributed by atoms with E-state index < -0.39 is 0 Å². The van der Waals surface area contributed by atoms with Crippen LogP contribution in [0, 0.1) is 6.92 Å². The SMILES string of the molecule is Cc1ccc(CNC(=O)c2ccc(CN3CCc4ccccc43)cc2)cc1. The molecule has 136 valence electrons. The second-order valence-corrected chi connectivity index (χ2v) is 7.17. The minimum Gasteiger partial charge on any atom is -0.367 e. The lowest BCUT2D eigenvalue weighted by Gasteiger charge is -2.19. The molecule has 0 bridgehead atoms. The van der Waals surface area contributed by atoms with Gasteiger partial charge in [0.05, 0.1) is 0 Å². The molecule has 1 heterocycles. The maximum atomic E-state index is 12.4. The molecule has 0 fully saturated rings. The average molecular weight is 356 g/mol. The molecule has 0 aliphatic carbocycles. The van der Waals surface area contributed by atoms with Crippen LogP contribution >= 0.6 is 0 Å². The van der Waals surface area contributed by atoms with Crippen LogP contribution in [0.2, 0.25) is 0 Å². The van der Waals surface area contributed by atoms with Crippen LogP contribution in [0.3, 0.4) is 0 Å². The Morgan fingerprint density at radius 2 is 1.63 bits per heavy atom. The molecule has 0 saturated heterocycles. The Bertz CT molecular complexity index is 929. The number of carbonyl (C=O) groups is 1. The van der Waals surface area contributed by atoms with E-state index >= 15 is 0 Å². The number of nitrogens with zero attached hydrogens (tertiary/aromatic N) is 1. The normalized spacial score (nSPS) is 12.7. The first kappa shape index (κ1) is 17.3. The Hall–Kier alpha value is -3.07. The molecule has 0 spiro atoms. The van der Waals surface area contributed by atoms with Crippen molar-refractivity contribution < 1.29 is 4.79 Å². The van der Waals surface area contributed by atoms with Crippen molar-refractivity contribution in [3.8, 4) is 0 Å². The van der Waals surface area contributed by atoms with Crippen LogP contribution in [0.1, 0.15) is 32.6 Å². The monoisotopic (exact) mass is 356 g/mol. The zero-order valence-electron chi connectivity index (χ0n) is 15.6. The van der Waals surface area contributed by atoms with Crippen LogP contribution in [-0.4, -0.2) is 12.5 Å². The molecule has 1 aliphatic heterocycles. The molecular weight excluding hydrogens is 332 g/mol. The Morgan fingerprint density at radius 1 is 0.926 bits per heavy atom. The highest BCUT2D eigenvalue weighted by molar-refractivity contribution is 5.94. The van der Waals surface area contributed by atoms with Gasteiger partial charge in [-0.05, 0) is 48.2 Å². The highest BCUT2D eigenvalue weighted by Crippen LogP contribution is 2.28. The summed E-state index contributed by atoms with van der Waals surface area (Å²) in [5, 5.41) is 2.99. The first-order valence-electron chi connectivity index (χ1n) is 9.44. The fourth-order valence-electron chi connectivity index (χ4n) is 3.54. The first-order chi connectivity index (χ1) is 13.2. The van der Waals surface area contributed by atoms with Crippen molar-refractivity contribution in [1.82, 2.24) is 5.32 Å². The molecule has 1 aliphatic rings. The zero-order chi connectivity index (χ0) is 18.6. The second-order valence-electron chi connectivity index (χ2n) is 7.17. The molecule has 4 rings (SSSR count). The van der Waals surface area contributed by atoms with E-state index in [9.17, 15) is 4.79 Å². The number of rotatable bonds is 5. The van der Waals surface area contributed by atoms with Crippen molar-refractivity contribution in [2.45, 2.75) is 26.4 Å². The first-order valence-corrected chi connectivity index (χ1v) is 9.44. The van der Waals surface area contributed by atoms with Crippen LogP contribution in [0.5, 0.6) is 0 Å². The Morgan fingerprint density at radius 3 is 2.41 bits per heavy atom. The molecule has 3 aromatic rings. The van der Waals surface area contributed by atoms with Gasteiger partial charge in [-0.25, -0.2) is 0 Å². The van der Waals surface area contributed by atoms with Crippen LogP contribution in [0.15, 0.2) is 72.8 Å². The maximum absolute atomic E-state index is 12.4. The Balaban J connectivity index is 1.36. The van der Waals surface area contributed by atoms with Gasteiger partial charge >= 0.3 is 0 Å². The zero-order valence-corrected chi connectivity index (χ0v) is 15.6. The number of fused-ring (bicyclic) bond motifs is 1. The number of anilines is 1. The number of benzene rings is 3. The van der Waals surface area contributed by atoms with Gasteiger partial charge in [0, 0.05) is 30.9 Å². The number of nitrogens with one attached hydrogen (secondary N) is 1. The standard InChI is InChI=1S/C24H24N2O/c1-18-6-8-19(9-7-18)16-25-24(27)22-12-10-20(11-13-22)17-26-15-14-21-4-2-3-5-23(21)26/h2-13H,14-17H2,1H3,(H,25,27). The van der Waals surface area contributed by atoms with Crippen LogP contribution in [-0.2, 0) is 19.5 Å². The summed E-state index contributed by atoms with van der Waals surface area (Å²) in [6.07, 6.45) is 1.11. The predicted molar refractivity (Wildman–Crippen MR) is 110 cm³/mol. The largest absolute Gasteiger partial charge is 0.367 e. The highest BCUT2D eigenvalue weighted by Gasteiger charge is 2.18. The summed E-state index contributed by atoms with van der Waals surface area (Å²) in [6.45, 7) is 4.54. The summed E-state index contributed by atoms with van der Waals surface area (Å²) in [5.41, 5.74) is 7.01. The minimum atomic E-state index is -0.0337. The summed E-state index contributed by atoms with van der Waals surface area (Å²) in [5.74, 6) is -0.0337. The lowest BCUT2D eigenvalue weighted by Crippen LogP contribution is -2.23. The van der Waals surface area contributed by atoms with Gasteiger partial charge in [-0.2, -0.15) is 0 Å². The van der Waals surface area contributed by atoms with Gasteiger partial charge in [0.25, 0.3) is 5.91 Å². The van der Waals surface area contributed by atoms with Crippen LogP contribution in [0.4, 0.5) is 5.69 Å².